The molecule has 2 aromatic rings. The van der Waals surface area contributed by atoms with Crippen LogP contribution >= 0.6 is 0 Å². The third-order valence-corrected chi connectivity index (χ3v) is 7.72. The Labute approximate surface area is 222 Å². The molecule has 0 unspecified atom stereocenters. The van der Waals surface area contributed by atoms with Crippen LogP contribution in [0.5, 0.6) is 0 Å². The van der Waals surface area contributed by atoms with Crippen LogP contribution in [0.1, 0.15) is 54.9 Å². The van der Waals surface area contributed by atoms with Gasteiger partial charge in [-0.25, -0.2) is 13.2 Å². The van der Waals surface area contributed by atoms with Crippen LogP contribution in [0.15, 0.2) is 42.5 Å². The molecule has 212 valence electrons. The number of likely N-dealkylation sites (tertiary alicyclic amines) is 1. The lowest BCUT2D eigenvalue weighted by atomic mass is 9.92. The Balaban J connectivity index is 1.57. The van der Waals surface area contributed by atoms with Gasteiger partial charge in [0.2, 0.25) is 11.8 Å². The zero-order valence-electron chi connectivity index (χ0n) is 21.7. The van der Waals surface area contributed by atoms with Crippen LogP contribution < -0.4 is 10.6 Å². The maximum absolute atomic E-state index is 14.8. The number of amides is 2. The summed E-state index contributed by atoms with van der Waals surface area (Å²) >= 11 is 0. The number of carbonyl (C=O) groups is 2. The molecule has 5 nitrogen and oxygen atoms in total. The number of nitrogens with zero attached hydrogens (tertiary/aromatic N) is 1. The number of hydrogen-bond acceptors (Lipinski definition) is 3. The molecule has 0 bridgehead atoms. The van der Waals surface area contributed by atoms with Crippen LogP contribution in [0, 0.1) is 5.82 Å². The van der Waals surface area contributed by atoms with Crippen LogP contribution in [0.4, 0.5) is 26.3 Å². The van der Waals surface area contributed by atoms with Crippen molar-refractivity contribution in [2.45, 2.75) is 68.6 Å². The van der Waals surface area contributed by atoms with Crippen molar-refractivity contribution in [1.82, 2.24) is 15.5 Å². The average Bonchev–Trinajstić information content (AvgIpc) is 3.69. The smallest absolute Gasteiger partial charge is 0.343 e. The molecule has 1 atom stereocenters. The number of carbonyl (C=O) groups excluding carboxylic acids is 2. The molecule has 2 aromatic carbocycles. The molecule has 0 aromatic heterocycles. The summed E-state index contributed by atoms with van der Waals surface area (Å²) < 4.78 is 81.2. The molecule has 2 N–H and O–H groups in total. The minimum Gasteiger partial charge on any atom is -0.343 e. The number of piperidine rings is 1. The summed E-state index contributed by atoms with van der Waals surface area (Å²) in [5, 5.41) is 5.90. The van der Waals surface area contributed by atoms with Gasteiger partial charge in [0, 0.05) is 43.6 Å². The van der Waals surface area contributed by atoms with Gasteiger partial charge in [-0.15, -0.1) is 0 Å². The molecule has 11 heteroatoms. The van der Waals surface area contributed by atoms with E-state index in [2.05, 4.69) is 10.6 Å². The number of halogens is 6. The number of nitrogens with one attached hydrogen (secondary N) is 2. The van der Waals surface area contributed by atoms with Crippen LogP contribution in [0.25, 0.3) is 0 Å². The molecule has 0 radical (unpaired) electrons. The van der Waals surface area contributed by atoms with E-state index >= 15 is 0 Å². The molecular weight excluding hydrogens is 524 g/mol. The Morgan fingerprint density at radius 3 is 2.08 bits per heavy atom. The van der Waals surface area contributed by atoms with E-state index in [1.807, 2.05) is 7.05 Å². The fourth-order valence-corrected chi connectivity index (χ4v) is 5.10. The first-order valence-corrected chi connectivity index (χ1v) is 12.9. The Bertz CT molecular complexity index is 1200. The molecule has 1 saturated carbocycles. The summed E-state index contributed by atoms with van der Waals surface area (Å²) in [5.41, 5.74) is -2.33. The van der Waals surface area contributed by atoms with Crippen molar-refractivity contribution < 1.29 is 35.9 Å². The van der Waals surface area contributed by atoms with Gasteiger partial charge < -0.3 is 15.5 Å². The fourth-order valence-electron chi connectivity index (χ4n) is 5.10. The van der Waals surface area contributed by atoms with Gasteiger partial charge >= 0.3 is 6.18 Å². The summed E-state index contributed by atoms with van der Waals surface area (Å²) in [7, 11) is 1.84. The van der Waals surface area contributed by atoms with Crippen molar-refractivity contribution in [1.29, 1.82) is 0 Å². The molecule has 2 aliphatic rings. The van der Waals surface area contributed by atoms with Gasteiger partial charge in [0.05, 0.1) is 11.0 Å². The second-order valence-electron chi connectivity index (χ2n) is 10.5. The van der Waals surface area contributed by atoms with E-state index in [4.69, 9.17) is 0 Å². The van der Waals surface area contributed by atoms with E-state index < -0.39 is 40.8 Å². The summed E-state index contributed by atoms with van der Waals surface area (Å²) in [6.07, 6.45) is -2.86. The highest BCUT2D eigenvalue weighted by Crippen LogP contribution is 2.50. The van der Waals surface area contributed by atoms with Crippen LogP contribution in [-0.4, -0.2) is 48.9 Å². The highest BCUT2D eigenvalue weighted by atomic mass is 19.4. The molecule has 1 saturated heterocycles. The molecule has 39 heavy (non-hydrogen) atoms. The lowest BCUT2D eigenvalue weighted by Gasteiger charge is -2.35. The van der Waals surface area contributed by atoms with E-state index in [9.17, 15) is 35.9 Å². The molecule has 4 rings (SSSR count). The summed E-state index contributed by atoms with van der Waals surface area (Å²) in [6.45, 7) is 1.69. The van der Waals surface area contributed by atoms with Crippen LogP contribution in [0.2, 0.25) is 0 Å². The number of benzene rings is 2. The standard InChI is InChI=1S/C28H31F6N3O2/c1-26(30,31)18-5-3-17(4-6-18)15-23(24(38)37-13-9-20(35-2)10-14-37)36-25(39)27(11-12-27)21-8-7-19(16-22(21)29)28(32,33)34/h3-8,16,20,23,35H,9-15H2,1-2H3,(H,36,39)/t23-/m0/s1. The lowest BCUT2D eigenvalue weighted by Crippen LogP contribution is -2.54. The fraction of sp³-hybridized carbons (Fsp3) is 0.500. The highest BCUT2D eigenvalue weighted by Gasteiger charge is 2.54. The minimum absolute atomic E-state index is 0.0116. The second-order valence-corrected chi connectivity index (χ2v) is 10.5. The Morgan fingerprint density at radius 1 is 1.00 bits per heavy atom. The molecule has 1 aliphatic heterocycles. The van der Waals surface area contributed by atoms with Gasteiger partial charge in [-0.2, -0.15) is 13.2 Å². The molecule has 2 fully saturated rings. The molecule has 2 amide bonds. The van der Waals surface area contributed by atoms with E-state index in [1.165, 1.54) is 24.3 Å². The van der Waals surface area contributed by atoms with Gasteiger partial charge in [0.25, 0.3) is 5.92 Å². The molecule has 1 aliphatic carbocycles. The number of alkyl halides is 5. The minimum atomic E-state index is -4.73. The topological polar surface area (TPSA) is 61.4 Å². The average molecular weight is 556 g/mol. The quantitative estimate of drug-likeness (QED) is 0.455. The summed E-state index contributed by atoms with van der Waals surface area (Å²) in [5.74, 6) is -5.18. The Hall–Kier alpha value is -3.08. The van der Waals surface area contributed by atoms with Crippen molar-refractivity contribution in [3.8, 4) is 0 Å². The number of hydrogen-bond donors (Lipinski definition) is 2. The van der Waals surface area contributed by atoms with E-state index in [0.29, 0.717) is 37.6 Å². The normalized spacial score (nSPS) is 18.5. The summed E-state index contributed by atoms with van der Waals surface area (Å²) in [4.78, 5) is 28.6. The van der Waals surface area contributed by atoms with Crippen LogP contribution in [0.3, 0.4) is 0 Å². The molecular formula is C28H31F6N3O2. The predicted molar refractivity (Wildman–Crippen MR) is 133 cm³/mol. The zero-order valence-corrected chi connectivity index (χ0v) is 21.7. The van der Waals surface area contributed by atoms with E-state index in [-0.39, 0.29) is 42.3 Å². The zero-order chi connectivity index (χ0) is 28.6. The first-order chi connectivity index (χ1) is 18.2. The summed E-state index contributed by atoms with van der Waals surface area (Å²) in [6, 6.07) is 6.74. The van der Waals surface area contributed by atoms with E-state index in [0.717, 1.165) is 19.1 Å². The van der Waals surface area contributed by atoms with Gasteiger partial charge in [0.1, 0.15) is 11.9 Å². The number of rotatable bonds is 8. The Morgan fingerprint density at radius 2 is 1.59 bits per heavy atom. The molecule has 1 heterocycles. The SMILES string of the molecule is CNC1CCN(C(=O)[C@H](Cc2ccc(C(C)(F)F)cc2)NC(=O)C2(c3ccc(C(F)(F)F)cc3F)CC2)CC1. The van der Waals surface area contributed by atoms with Gasteiger partial charge in [-0.1, -0.05) is 30.3 Å². The van der Waals surface area contributed by atoms with Gasteiger partial charge in [-0.05, 0) is 50.4 Å². The first-order valence-electron chi connectivity index (χ1n) is 12.9. The second kappa shape index (κ2) is 10.8. The lowest BCUT2D eigenvalue weighted by molar-refractivity contribution is -0.138. The predicted octanol–water partition coefficient (Wildman–Crippen LogP) is 4.93. The van der Waals surface area contributed by atoms with Crippen molar-refractivity contribution in [2.24, 2.45) is 0 Å². The highest BCUT2D eigenvalue weighted by molar-refractivity contribution is 5.95. The van der Waals surface area contributed by atoms with Crippen molar-refractivity contribution in [3.05, 3.63) is 70.5 Å². The maximum Gasteiger partial charge on any atom is 0.416 e. The third-order valence-electron chi connectivity index (χ3n) is 7.72. The van der Waals surface area contributed by atoms with Gasteiger partial charge in [0.15, 0.2) is 0 Å². The first kappa shape index (κ1) is 28.9. The third kappa shape index (κ3) is 6.40. The van der Waals surface area contributed by atoms with E-state index in [1.54, 1.807) is 4.90 Å². The molecule has 0 spiro atoms. The van der Waals surface area contributed by atoms with Crippen molar-refractivity contribution in [3.63, 3.8) is 0 Å². The van der Waals surface area contributed by atoms with Crippen LogP contribution in [-0.2, 0) is 33.5 Å². The Kier molecular flexibility index (Phi) is 8.03. The van der Waals surface area contributed by atoms with Crippen molar-refractivity contribution in [2.75, 3.05) is 20.1 Å². The monoisotopic (exact) mass is 555 g/mol. The largest absolute Gasteiger partial charge is 0.416 e. The van der Waals surface area contributed by atoms with Gasteiger partial charge in [-0.3, -0.25) is 9.59 Å². The van der Waals surface area contributed by atoms with Crippen molar-refractivity contribution >= 4 is 11.8 Å². The maximum atomic E-state index is 14.8.